The standard InChI is InChI=1S/C16H12ClFN2OS/c1-10-5-2-3-6-11(10)15-19-20-16(21-15)22-9-12-13(17)7-4-8-14(12)18/h2-8H,9H2,1H3. The zero-order valence-corrected chi connectivity index (χ0v) is 13.3. The van der Waals surface area contributed by atoms with Crippen LogP contribution in [0.1, 0.15) is 11.1 Å². The highest BCUT2D eigenvalue weighted by molar-refractivity contribution is 7.98. The summed E-state index contributed by atoms with van der Waals surface area (Å²) in [4.78, 5) is 0. The van der Waals surface area contributed by atoms with Gasteiger partial charge in [0, 0.05) is 21.9 Å². The fraction of sp³-hybridized carbons (Fsp3) is 0.125. The Bertz CT molecular complexity index is 786. The first kappa shape index (κ1) is 15.1. The maximum atomic E-state index is 13.7. The van der Waals surface area contributed by atoms with Crippen LogP contribution in [0.2, 0.25) is 5.02 Å². The van der Waals surface area contributed by atoms with E-state index in [-0.39, 0.29) is 5.82 Å². The minimum absolute atomic E-state index is 0.334. The van der Waals surface area contributed by atoms with E-state index in [1.165, 1.54) is 17.8 Å². The van der Waals surface area contributed by atoms with Crippen molar-refractivity contribution in [1.82, 2.24) is 10.2 Å². The molecule has 0 saturated carbocycles. The second-order valence-corrected chi connectivity index (χ2v) is 6.01. The summed E-state index contributed by atoms with van der Waals surface area (Å²) >= 11 is 7.26. The highest BCUT2D eigenvalue weighted by Crippen LogP contribution is 2.30. The first-order valence-electron chi connectivity index (χ1n) is 6.60. The number of hydrogen-bond acceptors (Lipinski definition) is 4. The molecule has 0 aliphatic heterocycles. The van der Waals surface area contributed by atoms with E-state index in [1.54, 1.807) is 12.1 Å². The first-order valence-corrected chi connectivity index (χ1v) is 7.96. The monoisotopic (exact) mass is 334 g/mol. The minimum Gasteiger partial charge on any atom is -0.411 e. The lowest BCUT2D eigenvalue weighted by molar-refractivity contribution is 0.465. The second-order valence-electron chi connectivity index (χ2n) is 4.68. The summed E-state index contributed by atoms with van der Waals surface area (Å²) in [5.74, 6) is 0.458. The van der Waals surface area contributed by atoms with Crippen molar-refractivity contribution in [3.63, 3.8) is 0 Å². The fourth-order valence-corrected chi connectivity index (χ4v) is 3.10. The van der Waals surface area contributed by atoms with E-state index in [1.807, 2.05) is 31.2 Å². The van der Waals surface area contributed by atoms with Gasteiger partial charge in [0.25, 0.3) is 5.22 Å². The van der Waals surface area contributed by atoms with Crippen LogP contribution in [0.3, 0.4) is 0 Å². The average molecular weight is 335 g/mol. The maximum absolute atomic E-state index is 13.7. The van der Waals surface area contributed by atoms with Gasteiger partial charge in [-0.15, -0.1) is 10.2 Å². The van der Waals surface area contributed by atoms with E-state index in [0.717, 1.165) is 11.1 Å². The predicted octanol–water partition coefficient (Wildman–Crippen LogP) is 5.13. The van der Waals surface area contributed by atoms with Crippen LogP contribution in [-0.2, 0) is 5.75 Å². The van der Waals surface area contributed by atoms with Crippen molar-refractivity contribution in [1.29, 1.82) is 0 Å². The molecule has 0 aliphatic rings. The van der Waals surface area contributed by atoms with Crippen LogP contribution >= 0.6 is 23.4 Å². The molecular weight excluding hydrogens is 323 g/mol. The molecule has 1 aromatic heterocycles. The summed E-state index contributed by atoms with van der Waals surface area (Å²) in [6.45, 7) is 1.98. The van der Waals surface area contributed by atoms with Gasteiger partial charge < -0.3 is 4.42 Å². The quantitative estimate of drug-likeness (QED) is 0.620. The molecule has 0 bridgehead atoms. The first-order chi connectivity index (χ1) is 10.6. The molecule has 0 amide bonds. The summed E-state index contributed by atoms with van der Waals surface area (Å²) in [5, 5.41) is 8.81. The van der Waals surface area contributed by atoms with Crippen LogP contribution in [0.15, 0.2) is 52.1 Å². The normalized spacial score (nSPS) is 10.9. The summed E-state index contributed by atoms with van der Waals surface area (Å²) in [7, 11) is 0. The van der Waals surface area contributed by atoms with Gasteiger partial charge in [-0.2, -0.15) is 0 Å². The molecule has 0 fully saturated rings. The van der Waals surface area contributed by atoms with E-state index >= 15 is 0 Å². The third-order valence-corrected chi connectivity index (χ3v) is 4.38. The molecule has 0 N–H and O–H groups in total. The highest BCUT2D eigenvalue weighted by Gasteiger charge is 2.13. The smallest absolute Gasteiger partial charge is 0.277 e. The van der Waals surface area contributed by atoms with Gasteiger partial charge in [-0.25, -0.2) is 4.39 Å². The molecule has 3 nitrogen and oxygen atoms in total. The van der Waals surface area contributed by atoms with E-state index < -0.39 is 0 Å². The number of nitrogens with zero attached hydrogens (tertiary/aromatic N) is 2. The molecule has 0 radical (unpaired) electrons. The van der Waals surface area contributed by atoms with Crippen molar-refractivity contribution in [3.05, 3.63) is 64.4 Å². The van der Waals surface area contributed by atoms with Crippen LogP contribution in [-0.4, -0.2) is 10.2 Å². The molecule has 0 saturated heterocycles. The average Bonchev–Trinajstić information content (AvgIpc) is 2.96. The van der Waals surface area contributed by atoms with Gasteiger partial charge in [-0.3, -0.25) is 0 Å². The van der Waals surface area contributed by atoms with E-state index in [4.69, 9.17) is 16.0 Å². The van der Waals surface area contributed by atoms with E-state index in [2.05, 4.69) is 10.2 Å². The third-order valence-electron chi connectivity index (χ3n) is 3.18. The SMILES string of the molecule is Cc1ccccc1-c1nnc(SCc2c(F)cccc2Cl)o1. The molecule has 112 valence electrons. The molecule has 2 aromatic carbocycles. The van der Waals surface area contributed by atoms with Gasteiger partial charge in [0.1, 0.15) is 5.82 Å². The van der Waals surface area contributed by atoms with Gasteiger partial charge in [0.05, 0.1) is 0 Å². The minimum atomic E-state index is -0.335. The van der Waals surface area contributed by atoms with Gasteiger partial charge in [-0.05, 0) is 30.7 Å². The largest absolute Gasteiger partial charge is 0.411 e. The van der Waals surface area contributed by atoms with Crippen molar-refractivity contribution in [2.24, 2.45) is 0 Å². The lowest BCUT2D eigenvalue weighted by Crippen LogP contribution is -1.88. The molecule has 1 heterocycles. The highest BCUT2D eigenvalue weighted by atomic mass is 35.5. The number of thioether (sulfide) groups is 1. The zero-order valence-electron chi connectivity index (χ0n) is 11.7. The number of aryl methyl sites for hydroxylation is 1. The molecule has 0 spiro atoms. The van der Waals surface area contributed by atoms with Crippen molar-refractivity contribution in [2.75, 3.05) is 0 Å². The van der Waals surface area contributed by atoms with Crippen LogP contribution in [0.5, 0.6) is 0 Å². The van der Waals surface area contributed by atoms with Crippen molar-refractivity contribution < 1.29 is 8.81 Å². The lowest BCUT2D eigenvalue weighted by Gasteiger charge is -2.03. The molecule has 22 heavy (non-hydrogen) atoms. The van der Waals surface area contributed by atoms with E-state index in [0.29, 0.717) is 27.5 Å². The predicted molar refractivity (Wildman–Crippen MR) is 85.4 cm³/mol. The number of rotatable bonds is 4. The Morgan fingerprint density at radius 3 is 2.73 bits per heavy atom. The van der Waals surface area contributed by atoms with Gasteiger partial charge >= 0.3 is 0 Å². The third kappa shape index (κ3) is 3.15. The topological polar surface area (TPSA) is 38.9 Å². The number of benzene rings is 2. The maximum Gasteiger partial charge on any atom is 0.277 e. The van der Waals surface area contributed by atoms with Crippen molar-refractivity contribution >= 4 is 23.4 Å². The Morgan fingerprint density at radius 1 is 1.14 bits per heavy atom. The molecule has 6 heteroatoms. The summed E-state index contributed by atoms with van der Waals surface area (Å²) in [5.41, 5.74) is 2.38. The molecular formula is C16H12ClFN2OS. The Morgan fingerprint density at radius 2 is 1.95 bits per heavy atom. The second kappa shape index (κ2) is 6.50. The van der Waals surface area contributed by atoms with Crippen molar-refractivity contribution in [2.45, 2.75) is 17.9 Å². The lowest BCUT2D eigenvalue weighted by atomic mass is 10.1. The molecule has 0 atom stereocenters. The van der Waals surface area contributed by atoms with Gasteiger partial charge in [0.2, 0.25) is 5.89 Å². The Hall–Kier alpha value is -1.85. The number of aromatic nitrogens is 2. The number of halogens is 2. The fourth-order valence-electron chi connectivity index (χ4n) is 1.99. The summed E-state index contributed by atoms with van der Waals surface area (Å²) in [6.07, 6.45) is 0. The Labute approximate surface area is 136 Å². The van der Waals surface area contributed by atoms with E-state index in [9.17, 15) is 4.39 Å². The molecule has 3 rings (SSSR count). The molecule has 0 unspecified atom stereocenters. The Kier molecular flexibility index (Phi) is 4.45. The van der Waals surface area contributed by atoms with Gasteiger partial charge in [-0.1, -0.05) is 47.6 Å². The van der Waals surface area contributed by atoms with Crippen LogP contribution in [0.25, 0.3) is 11.5 Å². The summed E-state index contributed by atoms with van der Waals surface area (Å²) in [6, 6.07) is 12.4. The molecule has 3 aromatic rings. The van der Waals surface area contributed by atoms with Crippen LogP contribution in [0, 0.1) is 12.7 Å². The van der Waals surface area contributed by atoms with Gasteiger partial charge in [0.15, 0.2) is 0 Å². The Balaban J connectivity index is 1.77. The zero-order chi connectivity index (χ0) is 15.5. The van der Waals surface area contributed by atoms with Crippen molar-refractivity contribution in [3.8, 4) is 11.5 Å². The molecule has 0 aliphatic carbocycles. The summed E-state index contributed by atoms with van der Waals surface area (Å²) < 4.78 is 19.3. The van der Waals surface area contributed by atoms with Crippen LogP contribution < -0.4 is 0 Å². The number of hydrogen-bond donors (Lipinski definition) is 0. The van der Waals surface area contributed by atoms with Crippen LogP contribution in [0.4, 0.5) is 4.39 Å².